The fourth-order valence-electron chi connectivity index (χ4n) is 2.11. The molecule has 2 rings (SSSR count). The second-order valence-corrected chi connectivity index (χ2v) is 7.27. The number of halogens is 4. The minimum Gasteiger partial charge on any atom is -0.409 e. The summed E-state index contributed by atoms with van der Waals surface area (Å²) in [5, 5.41) is 10.2. The number of nitrogens with one attached hydrogen (secondary N) is 2. The highest BCUT2D eigenvalue weighted by Gasteiger charge is 2.20. The molecular formula is C19H15Cl4N3O4. The number of amides is 1. The highest BCUT2D eigenvalue weighted by molar-refractivity contribution is 6.37. The smallest absolute Gasteiger partial charge is 0.309 e. The summed E-state index contributed by atoms with van der Waals surface area (Å²) in [6.45, 7) is 1.17. The van der Waals surface area contributed by atoms with E-state index in [1.165, 1.54) is 32.2 Å². The Morgan fingerprint density at radius 2 is 1.47 bits per heavy atom. The van der Waals surface area contributed by atoms with E-state index in [9.17, 15) is 9.59 Å². The number of rotatable bonds is 7. The molecule has 0 saturated carbocycles. The normalized spacial score (nSPS) is 11.7. The Bertz CT molecular complexity index is 1020. The molecule has 0 heterocycles. The summed E-state index contributed by atoms with van der Waals surface area (Å²) in [6, 6.07) is 9.12. The minimum atomic E-state index is -0.700. The first-order valence-electron chi connectivity index (χ1n) is 8.19. The van der Waals surface area contributed by atoms with Crippen molar-refractivity contribution in [1.82, 2.24) is 0 Å². The molecule has 1 amide bonds. The van der Waals surface area contributed by atoms with Gasteiger partial charge in [-0.2, -0.15) is 0 Å². The maximum atomic E-state index is 12.9. The summed E-state index contributed by atoms with van der Waals surface area (Å²) in [5.74, 6) is -1.63. The molecule has 0 aliphatic carbocycles. The van der Waals surface area contributed by atoms with Gasteiger partial charge in [-0.15, -0.1) is 0 Å². The van der Waals surface area contributed by atoms with Gasteiger partial charge in [0, 0.05) is 17.0 Å². The number of carbonyl (C=O) groups is 2. The number of hydrogen-bond acceptors (Lipinski definition) is 6. The number of carbonyl (C=O) groups excluding carboxylic acids is 2. The molecule has 158 valence electrons. The molecule has 0 atom stereocenters. The molecule has 0 saturated heterocycles. The lowest BCUT2D eigenvalue weighted by Crippen LogP contribution is -2.22. The molecular weight excluding hydrogens is 476 g/mol. The summed E-state index contributed by atoms with van der Waals surface area (Å²) < 4.78 is 5.18. The summed E-state index contributed by atoms with van der Waals surface area (Å²) in [6.07, 6.45) is 1.06. The monoisotopic (exact) mass is 489 g/mol. The fraction of sp³-hybridized carbons (Fsp3) is 0.105. The van der Waals surface area contributed by atoms with Crippen LogP contribution in [0.1, 0.15) is 6.92 Å². The van der Waals surface area contributed by atoms with Gasteiger partial charge in [-0.05, 0) is 36.4 Å². The third-order valence-electron chi connectivity index (χ3n) is 3.38. The van der Waals surface area contributed by atoms with Crippen molar-refractivity contribution >= 4 is 75.9 Å². The molecule has 2 aromatic rings. The summed E-state index contributed by atoms with van der Waals surface area (Å²) >= 11 is 24.0. The Balaban J connectivity index is 2.49. The van der Waals surface area contributed by atoms with Gasteiger partial charge in [0.25, 0.3) is 5.91 Å². The van der Waals surface area contributed by atoms with Crippen LogP contribution in [-0.4, -0.2) is 25.2 Å². The van der Waals surface area contributed by atoms with Gasteiger partial charge in [-0.3, -0.25) is 9.59 Å². The van der Waals surface area contributed by atoms with E-state index in [-0.39, 0.29) is 27.2 Å². The van der Waals surface area contributed by atoms with Crippen LogP contribution in [0.2, 0.25) is 20.1 Å². The summed E-state index contributed by atoms with van der Waals surface area (Å²) in [4.78, 5) is 29.2. The van der Waals surface area contributed by atoms with E-state index in [4.69, 9.17) is 51.1 Å². The quantitative estimate of drug-likeness (QED) is 0.169. The highest BCUT2D eigenvalue weighted by Crippen LogP contribution is 2.28. The number of ether oxygens (including phenoxy) is 1. The second kappa shape index (κ2) is 11.1. The van der Waals surface area contributed by atoms with E-state index in [0.717, 1.165) is 6.21 Å². The zero-order chi connectivity index (χ0) is 22.3. The third-order valence-corrected chi connectivity index (χ3v) is 4.48. The van der Waals surface area contributed by atoms with Gasteiger partial charge in [0.05, 0.1) is 27.6 Å². The van der Waals surface area contributed by atoms with Crippen LogP contribution in [0, 0.1) is 0 Å². The largest absolute Gasteiger partial charge is 0.409 e. The van der Waals surface area contributed by atoms with Gasteiger partial charge in [0.1, 0.15) is 12.7 Å². The minimum absolute atomic E-state index is 0.177. The van der Waals surface area contributed by atoms with Crippen molar-refractivity contribution in [1.29, 1.82) is 0 Å². The summed E-state index contributed by atoms with van der Waals surface area (Å²) in [5.41, 5.74) is 0.433. The Kier molecular flexibility index (Phi) is 8.80. The maximum Gasteiger partial charge on any atom is 0.309 e. The van der Waals surface area contributed by atoms with E-state index >= 15 is 0 Å². The first kappa shape index (κ1) is 23.8. The molecule has 0 fully saturated rings. The zero-order valence-electron chi connectivity index (χ0n) is 15.6. The second-order valence-electron chi connectivity index (χ2n) is 5.58. The molecule has 7 nitrogen and oxygen atoms in total. The van der Waals surface area contributed by atoms with Crippen molar-refractivity contribution in [3.63, 3.8) is 0 Å². The third kappa shape index (κ3) is 6.81. The van der Waals surface area contributed by atoms with Crippen molar-refractivity contribution in [2.75, 3.05) is 17.7 Å². The van der Waals surface area contributed by atoms with E-state index < -0.39 is 11.9 Å². The number of benzene rings is 2. The van der Waals surface area contributed by atoms with E-state index in [1.807, 2.05) is 0 Å². The SMILES string of the molecule is CO/N=C/C(C(=O)Nc1ccc(Cl)cc1Cl)=C(/Nc1ccc(Cl)cc1Cl)OC(C)=O. The lowest BCUT2D eigenvalue weighted by atomic mass is 10.2. The van der Waals surface area contributed by atoms with Crippen molar-refractivity contribution in [2.45, 2.75) is 6.92 Å². The average molecular weight is 491 g/mol. The molecule has 0 aromatic heterocycles. The van der Waals surface area contributed by atoms with Crippen LogP contribution in [0.4, 0.5) is 11.4 Å². The summed E-state index contributed by atoms with van der Waals surface area (Å²) in [7, 11) is 1.29. The Morgan fingerprint density at radius 1 is 0.933 bits per heavy atom. The van der Waals surface area contributed by atoms with Crippen LogP contribution in [-0.2, 0) is 19.2 Å². The Labute approximate surface area is 192 Å². The predicted octanol–water partition coefficient (Wildman–Crippen LogP) is 5.76. The van der Waals surface area contributed by atoms with Crippen LogP contribution in [0.3, 0.4) is 0 Å². The van der Waals surface area contributed by atoms with E-state index in [2.05, 4.69) is 20.6 Å². The van der Waals surface area contributed by atoms with Crippen molar-refractivity contribution in [3.8, 4) is 0 Å². The van der Waals surface area contributed by atoms with Crippen LogP contribution >= 0.6 is 46.4 Å². The molecule has 30 heavy (non-hydrogen) atoms. The average Bonchev–Trinajstić information content (AvgIpc) is 2.66. The van der Waals surface area contributed by atoms with Gasteiger partial charge in [-0.1, -0.05) is 51.6 Å². The Morgan fingerprint density at radius 3 is 1.93 bits per heavy atom. The number of esters is 1. The van der Waals surface area contributed by atoms with Gasteiger partial charge in [-0.25, -0.2) is 0 Å². The van der Waals surface area contributed by atoms with Crippen molar-refractivity contribution in [3.05, 3.63) is 67.9 Å². The molecule has 2 aromatic carbocycles. The maximum absolute atomic E-state index is 12.9. The fourth-order valence-corrected chi connectivity index (χ4v) is 3.02. The molecule has 2 N–H and O–H groups in total. The van der Waals surface area contributed by atoms with Gasteiger partial charge in [0.2, 0.25) is 5.88 Å². The Hall–Kier alpha value is -2.45. The van der Waals surface area contributed by atoms with Gasteiger partial charge >= 0.3 is 5.97 Å². The standard InChI is InChI=1S/C19H15Cl4N3O4/c1-10(27)30-19(26-17-6-4-12(21)8-15(17)23)13(9-24-29-2)18(28)25-16-5-3-11(20)7-14(16)22/h3-9,26H,1-2H3,(H,25,28)/b19-13+,24-9+. The molecule has 11 heteroatoms. The lowest BCUT2D eigenvalue weighted by molar-refractivity contribution is -0.136. The first-order valence-corrected chi connectivity index (χ1v) is 9.70. The van der Waals surface area contributed by atoms with E-state index in [1.54, 1.807) is 18.2 Å². The number of hydrogen-bond donors (Lipinski definition) is 2. The van der Waals surface area contributed by atoms with Crippen molar-refractivity contribution in [2.24, 2.45) is 5.16 Å². The van der Waals surface area contributed by atoms with Gasteiger partial charge in [0.15, 0.2) is 0 Å². The van der Waals surface area contributed by atoms with Gasteiger partial charge < -0.3 is 20.2 Å². The number of anilines is 2. The topological polar surface area (TPSA) is 89.0 Å². The molecule has 0 spiro atoms. The van der Waals surface area contributed by atoms with Crippen LogP contribution < -0.4 is 10.6 Å². The molecule has 0 aliphatic rings. The molecule has 0 unspecified atom stereocenters. The highest BCUT2D eigenvalue weighted by atomic mass is 35.5. The molecule has 0 aliphatic heterocycles. The lowest BCUT2D eigenvalue weighted by Gasteiger charge is -2.15. The zero-order valence-corrected chi connectivity index (χ0v) is 18.7. The number of nitrogens with zero attached hydrogens (tertiary/aromatic N) is 1. The predicted molar refractivity (Wildman–Crippen MR) is 119 cm³/mol. The molecule has 0 bridgehead atoms. The molecule has 0 radical (unpaired) electrons. The first-order chi connectivity index (χ1) is 14.2. The van der Waals surface area contributed by atoms with Crippen LogP contribution in [0.5, 0.6) is 0 Å². The van der Waals surface area contributed by atoms with E-state index in [0.29, 0.717) is 15.7 Å². The van der Waals surface area contributed by atoms with Crippen molar-refractivity contribution < 1.29 is 19.2 Å². The van der Waals surface area contributed by atoms with Crippen LogP contribution in [0.25, 0.3) is 0 Å². The van der Waals surface area contributed by atoms with Crippen LogP contribution in [0.15, 0.2) is 53.0 Å². The number of oxime groups is 1.